The lowest BCUT2D eigenvalue weighted by atomic mass is 10.2. The van der Waals surface area contributed by atoms with Crippen molar-refractivity contribution in [2.75, 3.05) is 22.4 Å². The molecule has 0 bridgehead atoms. The van der Waals surface area contributed by atoms with Gasteiger partial charge >= 0.3 is 0 Å². The zero-order valence-electron chi connectivity index (χ0n) is 13.9. The van der Waals surface area contributed by atoms with Crippen LogP contribution in [0.3, 0.4) is 0 Å². The molecule has 25 heavy (non-hydrogen) atoms. The van der Waals surface area contributed by atoms with Gasteiger partial charge in [0.15, 0.2) is 0 Å². The summed E-state index contributed by atoms with van der Waals surface area (Å²) in [6.07, 6.45) is 2.51. The SMILES string of the molecule is CC(=O)Nc1ccc(N(CC(=O)NCc2ccco2)S(C)(=O)=O)cc1. The van der Waals surface area contributed by atoms with Crippen LogP contribution in [0.25, 0.3) is 0 Å². The van der Waals surface area contributed by atoms with Crippen LogP contribution < -0.4 is 14.9 Å². The lowest BCUT2D eigenvalue weighted by molar-refractivity contribution is -0.120. The molecule has 0 aliphatic carbocycles. The van der Waals surface area contributed by atoms with Crippen LogP contribution in [0.1, 0.15) is 12.7 Å². The molecule has 8 nitrogen and oxygen atoms in total. The van der Waals surface area contributed by atoms with Gasteiger partial charge in [-0.1, -0.05) is 0 Å². The molecule has 0 radical (unpaired) electrons. The lowest BCUT2D eigenvalue weighted by Crippen LogP contribution is -2.40. The average molecular weight is 365 g/mol. The molecule has 0 unspecified atom stereocenters. The van der Waals surface area contributed by atoms with Crippen molar-refractivity contribution in [2.45, 2.75) is 13.5 Å². The van der Waals surface area contributed by atoms with Crippen molar-refractivity contribution >= 4 is 33.2 Å². The summed E-state index contributed by atoms with van der Waals surface area (Å²) in [5.41, 5.74) is 0.858. The van der Waals surface area contributed by atoms with Crippen molar-refractivity contribution in [1.82, 2.24) is 5.32 Å². The van der Waals surface area contributed by atoms with E-state index < -0.39 is 15.9 Å². The van der Waals surface area contributed by atoms with Gasteiger partial charge in [-0.15, -0.1) is 0 Å². The molecule has 0 saturated carbocycles. The summed E-state index contributed by atoms with van der Waals surface area (Å²) >= 11 is 0. The smallest absolute Gasteiger partial charge is 0.241 e. The first-order valence-corrected chi connectivity index (χ1v) is 9.25. The first-order valence-electron chi connectivity index (χ1n) is 7.40. The molecule has 0 aliphatic rings. The Hall–Kier alpha value is -2.81. The largest absolute Gasteiger partial charge is 0.467 e. The number of furan rings is 1. The van der Waals surface area contributed by atoms with Gasteiger partial charge in [0.2, 0.25) is 21.8 Å². The summed E-state index contributed by atoms with van der Waals surface area (Å²) in [4.78, 5) is 23.1. The van der Waals surface area contributed by atoms with E-state index >= 15 is 0 Å². The van der Waals surface area contributed by atoms with E-state index in [1.807, 2.05) is 0 Å². The van der Waals surface area contributed by atoms with Gasteiger partial charge in [-0.25, -0.2) is 8.42 Å². The zero-order valence-corrected chi connectivity index (χ0v) is 14.7. The molecule has 2 rings (SSSR count). The minimum absolute atomic E-state index is 0.172. The summed E-state index contributed by atoms with van der Waals surface area (Å²) in [7, 11) is -3.66. The number of amides is 2. The molecule has 2 N–H and O–H groups in total. The van der Waals surface area contributed by atoms with Crippen LogP contribution in [0.15, 0.2) is 47.1 Å². The quantitative estimate of drug-likeness (QED) is 0.769. The van der Waals surface area contributed by atoms with E-state index in [0.29, 0.717) is 17.1 Å². The van der Waals surface area contributed by atoms with Gasteiger partial charge < -0.3 is 15.1 Å². The number of carbonyl (C=O) groups is 2. The Bertz CT molecular complexity index is 829. The average Bonchev–Trinajstić information content (AvgIpc) is 3.03. The number of benzene rings is 1. The number of carbonyl (C=O) groups excluding carboxylic acids is 2. The Balaban J connectivity index is 2.08. The minimum atomic E-state index is -3.66. The molecule has 0 fully saturated rings. The zero-order chi connectivity index (χ0) is 18.4. The summed E-state index contributed by atoms with van der Waals surface area (Å²) in [5, 5.41) is 5.19. The Morgan fingerprint density at radius 3 is 2.36 bits per heavy atom. The fourth-order valence-corrected chi connectivity index (χ4v) is 2.96. The minimum Gasteiger partial charge on any atom is -0.467 e. The maximum absolute atomic E-state index is 12.1. The second-order valence-electron chi connectivity index (χ2n) is 5.35. The normalized spacial score (nSPS) is 11.0. The second kappa shape index (κ2) is 7.84. The molecule has 2 amide bonds. The first-order chi connectivity index (χ1) is 11.8. The number of anilines is 2. The van der Waals surface area contributed by atoms with Crippen LogP contribution >= 0.6 is 0 Å². The van der Waals surface area contributed by atoms with E-state index in [1.54, 1.807) is 24.3 Å². The van der Waals surface area contributed by atoms with Crippen LogP contribution in [0.4, 0.5) is 11.4 Å². The molecule has 0 atom stereocenters. The van der Waals surface area contributed by atoms with Crippen molar-refractivity contribution in [3.63, 3.8) is 0 Å². The van der Waals surface area contributed by atoms with Gasteiger partial charge in [0.1, 0.15) is 12.3 Å². The predicted octanol–water partition coefficient (Wildman–Crippen LogP) is 1.32. The molecule has 9 heteroatoms. The number of hydrogen-bond donors (Lipinski definition) is 2. The van der Waals surface area contributed by atoms with Crippen LogP contribution in [0, 0.1) is 0 Å². The number of nitrogens with zero attached hydrogens (tertiary/aromatic N) is 1. The highest BCUT2D eigenvalue weighted by molar-refractivity contribution is 7.92. The van der Waals surface area contributed by atoms with Gasteiger partial charge in [0.05, 0.1) is 24.8 Å². The molecular formula is C16H19N3O5S. The molecule has 1 heterocycles. The van der Waals surface area contributed by atoms with E-state index in [4.69, 9.17) is 4.42 Å². The second-order valence-corrected chi connectivity index (χ2v) is 7.26. The van der Waals surface area contributed by atoms with Crippen molar-refractivity contribution < 1.29 is 22.4 Å². The number of nitrogens with one attached hydrogen (secondary N) is 2. The monoisotopic (exact) mass is 365 g/mol. The van der Waals surface area contributed by atoms with E-state index in [9.17, 15) is 18.0 Å². The number of sulfonamides is 1. The standard InChI is InChI=1S/C16H19N3O5S/c1-12(20)18-13-5-7-14(8-6-13)19(25(2,22)23)11-16(21)17-10-15-4-3-9-24-15/h3-9H,10-11H2,1-2H3,(H,17,21)(H,18,20). The van der Waals surface area contributed by atoms with E-state index in [1.165, 1.54) is 25.3 Å². The third kappa shape index (κ3) is 5.64. The van der Waals surface area contributed by atoms with E-state index in [-0.39, 0.29) is 19.0 Å². The van der Waals surface area contributed by atoms with Crippen molar-refractivity contribution in [3.05, 3.63) is 48.4 Å². The molecule has 1 aromatic carbocycles. The molecule has 0 aliphatic heterocycles. The maximum Gasteiger partial charge on any atom is 0.241 e. The van der Waals surface area contributed by atoms with E-state index in [2.05, 4.69) is 10.6 Å². The maximum atomic E-state index is 12.1. The number of rotatable bonds is 7. The molecule has 0 spiro atoms. The predicted molar refractivity (Wildman–Crippen MR) is 93.5 cm³/mol. The summed E-state index contributed by atoms with van der Waals surface area (Å²) in [6.45, 7) is 1.18. The fourth-order valence-electron chi connectivity index (χ4n) is 2.10. The topological polar surface area (TPSA) is 109 Å². The molecule has 1 aromatic heterocycles. The molecule has 2 aromatic rings. The van der Waals surface area contributed by atoms with Crippen LogP contribution in [-0.4, -0.2) is 33.0 Å². The Labute approximate surface area is 145 Å². The third-order valence-electron chi connectivity index (χ3n) is 3.20. The van der Waals surface area contributed by atoms with Gasteiger partial charge in [-0.2, -0.15) is 0 Å². The summed E-state index contributed by atoms with van der Waals surface area (Å²) < 4.78 is 30.1. The van der Waals surface area contributed by atoms with Crippen LogP contribution in [0.2, 0.25) is 0 Å². The highest BCUT2D eigenvalue weighted by atomic mass is 32.2. The van der Waals surface area contributed by atoms with E-state index in [0.717, 1.165) is 10.6 Å². The van der Waals surface area contributed by atoms with Crippen molar-refractivity contribution in [2.24, 2.45) is 0 Å². The fraction of sp³-hybridized carbons (Fsp3) is 0.250. The van der Waals surface area contributed by atoms with Gasteiger partial charge in [0.25, 0.3) is 0 Å². The van der Waals surface area contributed by atoms with Gasteiger partial charge in [0, 0.05) is 12.6 Å². The highest BCUT2D eigenvalue weighted by Crippen LogP contribution is 2.20. The molecular weight excluding hydrogens is 346 g/mol. The summed E-state index contributed by atoms with van der Waals surface area (Å²) in [6, 6.07) is 9.57. The third-order valence-corrected chi connectivity index (χ3v) is 4.34. The van der Waals surface area contributed by atoms with Crippen molar-refractivity contribution in [1.29, 1.82) is 0 Å². The Kier molecular flexibility index (Phi) is 5.81. The first kappa shape index (κ1) is 18.5. The molecule has 0 saturated heterocycles. The summed E-state index contributed by atoms with van der Waals surface area (Å²) in [5.74, 6) is -0.128. The number of hydrogen-bond acceptors (Lipinski definition) is 5. The lowest BCUT2D eigenvalue weighted by Gasteiger charge is -2.22. The van der Waals surface area contributed by atoms with Crippen LogP contribution in [0.5, 0.6) is 0 Å². The van der Waals surface area contributed by atoms with Gasteiger partial charge in [-0.05, 0) is 36.4 Å². The van der Waals surface area contributed by atoms with Gasteiger partial charge in [-0.3, -0.25) is 13.9 Å². The molecule has 134 valence electrons. The van der Waals surface area contributed by atoms with Crippen molar-refractivity contribution in [3.8, 4) is 0 Å². The Morgan fingerprint density at radius 1 is 1.16 bits per heavy atom. The Morgan fingerprint density at radius 2 is 1.84 bits per heavy atom. The highest BCUT2D eigenvalue weighted by Gasteiger charge is 2.20. The van der Waals surface area contributed by atoms with Crippen LogP contribution in [-0.2, 0) is 26.2 Å².